The van der Waals surface area contributed by atoms with Gasteiger partial charge < -0.3 is 0 Å². The van der Waals surface area contributed by atoms with Crippen LogP contribution in [-0.2, 0) is 0 Å². The number of hydrogen-bond donors (Lipinski definition) is 0. The Labute approximate surface area is 92.3 Å². The Morgan fingerprint density at radius 3 is 1.21 bits per heavy atom. The lowest BCUT2D eigenvalue weighted by Gasteiger charge is -1.92. The average molecular weight is 227 g/mol. The smallest absolute Gasteiger partial charge is 0.262 e. The molecule has 0 radical (unpaired) electrons. The van der Waals surface area contributed by atoms with E-state index in [1.54, 1.807) is 0 Å². The molecule has 2 rings (SSSR count). The van der Waals surface area contributed by atoms with E-state index >= 15 is 0 Å². The van der Waals surface area contributed by atoms with Gasteiger partial charge in [-0.15, -0.1) is 0 Å². The van der Waals surface area contributed by atoms with Gasteiger partial charge in [0, 0.05) is 0 Å². The zero-order valence-electron chi connectivity index (χ0n) is 7.28. The Kier molecular flexibility index (Phi) is 4.44. The summed E-state index contributed by atoms with van der Waals surface area (Å²) in [7, 11) is 0. The Morgan fingerprint density at radius 2 is 1.00 bits per heavy atom. The normalized spacial score (nSPS) is 9.00. The van der Waals surface area contributed by atoms with Gasteiger partial charge in [0.15, 0.2) is 0 Å². The SMILES string of the molecule is O=C(Cl)Cl.c1ccc2ccccc2c1. The van der Waals surface area contributed by atoms with Gasteiger partial charge in [0.1, 0.15) is 0 Å². The predicted molar refractivity (Wildman–Crippen MR) is 61.1 cm³/mol. The predicted octanol–water partition coefficient (Wildman–Crippen LogP) is 4.42. The monoisotopic (exact) mass is 226 g/mol. The van der Waals surface area contributed by atoms with Crippen molar-refractivity contribution in [2.75, 3.05) is 0 Å². The molecule has 0 unspecified atom stereocenters. The summed E-state index contributed by atoms with van der Waals surface area (Å²) in [5, 5.41) is 2.62. The molecule has 0 saturated heterocycles. The average Bonchev–Trinajstić information content (AvgIpc) is 2.17. The molecule has 0 aliphatic rings. The first-order valence-electron chi connectivity index (χ1n) is 3.99. The highest BCUT2D eigenvalue weighted by atomic mass is 35.5. The molecular weight excluding hydrogens is 219 g/mol. The van der Waals surface area contributed by atoms with Gasteiger partial charge in [0.25, 0.3) is 0 Å². The van der Waals surface area contributed by atoms with Crippen molar-refractivity contribution >= 4 is 38.7 Å². The maximum absolute atomic E-state index is 8.98. The third kappa shape index (κ3) is 3.77. The third-order valence-electron chi connectivity index (χ3n) is 1.66. The van der Waals surface area contributed by atoms with E-state index in [4.69, 9.17) is 4.79 Å². The number of carbonyl (C=O) groups is 1. The van der Waals surface area contributed by atoms with Crippen molar-refractivity contribution in [2.45, 2.75) is 0 Å². The second-order valence-corrected chi connectivity index (χ2v) is 3.45. The molecule has 0 aromatic heterocycles. The van der Waals surface area contributed by atoms with Gasteiger partial charge in [-0.25, -0.2) is 0 Å². The first-order chi connectivity index (χ1) is 6.70. The van der Waals surface area contributed by atoms with Crippen LogP contribution in [0.25, 0.3) is 10.8 Å². The lowest BCUT2D eigenvalue weighted by molar-refractivity contribution is 0.275. The minimum Gasteiger partial charge on any atom is -0.262 e. The van der Waals surface area contributed by atoms with Crippen molar-refractivity contribution in [3.63, 3.8) is 0 Å². The lowest BCUT2D eigenvalue weighted by Crippen LogP contribution is -1.67. The summed E-state index contributed by atoms with van der Waals surface area (Å²) in [6.45, 7) is 0. The molecule has 0 saturated carbocycles. The van der Waals surface area contributed by atoms with E-state index in [1.807, 2.05) is 0 Å². The van der Waals surface area contributed by atoms with Crippen molar-refractivity contribution in [3.8, 4) is 0 Å². The fourth-order valence-electron chi connectivity index (χ4n) is 1.13. The molecular formula is C11H8Cl2O. The Bertz CT molecular complexity index is 357. The minimum absolute atomic E-state index is 0.889. The highest BCUT2D eigenvalue weighted by Crippen LogP contribution is 2.11. The van der Waals surface area contributed by atoms with Crippen molar-refractivity contribution in [1.82, 2.24) is 0 Å². The summed E-state index contributed by atoms with van der Waals surface area (Å²) in [5.41, 5.74) is 0. The Balaban J connectivity index is 0.000000213. The summed E-state index contributed by atoms with van der Waals surface area (Å²) in [5.74, 6) is 0. The number of halogens is 2. The van der Waals surface area contributed by atoms with Gasteiger partial charge >= 0.3 is 4.70 Å². The van der Waals surface area contributed by atoms with Crippen LogP contribution in [0.15, 0.2) is 48.5 Å². The molecule has 72 valence electrons. The quantitative estimate of drug-likeness (QED) is 0.608. The number of hydrogen-bond acceptors (Lipinski definition) is 1. The molecule has 0 aliphatic carbocycles. The molecule has 0 N–H and O–H groups in total. The van der Waals surface area contributed by atoms with Gasteiger partial charge in [-0.2, -0.15) is 0 Å². The summed E-state index contributed by atoms with van der Waals surface area (Å²) >= 11 is 8.80. The van der Waals surface area contributed by atoms with Crippen molar-refractivity contribution in [3.05, 3.63) is 48.5 Å². The zero-order chi connectivity index (χ0) is 10.4. The van der Waals surface area contributed by atoms with Gasteiger partial charge in [-0.1, -0.05) is 48.5 Å². The fraction of sp³-hybridized carbons (Fsp3) is 0. The summed E-state index contributed by atoms with van der Waals surface area (Å²) in [6, 6.07) is 16.7. The van der Waals surface area contributed by atoms with E-state index in [-0.39, 0.29) is 0 Å². The molecule has 0 aliphatic heterocycles. The second kappa shape index (κ2) is 5.63. The van der Waals surface area contributed by atoms with Crippen LogP contribution in [0, 0.1) is 0 Å². The van der Waals surface area contributed by atoms with Crippen LogP contribution in [0.2, 0.25) is 0 Å². The molecule has 0 fully saturated rings. The highest BCUT2D eigenvalue weighted by Gasteiger charge is 1.85. The molecule has 0 heterocycles. The summed E-state index contributed by atoms with van der Waals surface area (Å²) in [6.07, 6.45) is 0. The molecule has 3 heteroatoms. The van der Waals surface area contributed by atoms with Crippen LogP contribution in [0.3, 0.4) is 0 Å². The first-order valence-corrected chi connectivity index (χ1v) is 4.74. The largest absolute Gasteiger partial charge is 0.313 e. The number of carbonyl (C=O) groups excluding carboxylic acids is 1. The molecule has 0 amide bonds. The molecule has 1 nitrogen and oxygen atoms in total. The van der Waals surface area contributed by atoms with Crippen LogP contribution in [-0.4, -0.2) is 4.70 Å². The topological polar surface area (TPSA) is 17.1 Å². The van der Waals surface area contributed by atoms with Crippen LogP contribution >= 0.6 is 23.2 Å². The Hall–Kier alpha value is -1.05. The maximum atomic E-state index is 8.98. The van der Waals surface area contributed by atoms with Gasteiger partial charge in [-0.3, -0.25) is 4.79 Å². The zero-order valence-corrected chi connectivity index (χ0v) is 8.79. The number of benzene rings is 2. The van der Waals surface area contributed by atoms with E-state index in [0.717, 1.165) is 0 Å². The summed E-state index contributed by atoms with van der Waals surface area (Å²) < 4.78 is -0.889. The van der Waals surface area contributed by atoms with Crippen LogP contribution in [0.4, 0.5) is 4.79 Å². The minimum atomic E-state index is -0.889. The van der Waals surface area contributed by atoms with Gasteiger partial charge in [0.2, 0.25) is 0 Å². The van der Waals surface area contributed by atoms with Crippen LogP contribution < -0.4 is 0 Å². The molecule has 2 aromatic rings. The number of fused-ring (bicyclic) bond motifs is 1. The van der Waals surface area contributed by atoms with Crippen molar-refractivity contribution < 1.29 is 4.79 Å². The first kappa shape index (κ1) is 11.0. The summed E-state index contributed by atoms with van der Waals surface area (Å²) in [4.78, 5) is 8.98. The molecule has 14 heavy (non-hydrogen) atoms. The van der Waals surface area contributed by atoms with E-state index in [1.165, 1.54) is 10.8 Å². The highest BCUT2D eigenvalue weighted by molar-refractivity contribution is 6.93. The fourth-order valence-corrected chi connectivity index (χ4v) is 1.13. The maximum Gasteiger partial charge on any atom is 0.313 e. The Morgan fingerprint density at radius 1 is 0.786 bits per heavy atom. The standard InChI is InChI=1S/C10H8.CCl2O/c1-2-6-10-8-4-3-7-9(10)5-1;2-1(3)4/h1-8H;. The molecule has 0 atom stereocenters. The second-order valence-electron chi connectivity index (χ2n) is 2.57. The van der Waals surface area contributed by atoms with Crippen LogP contribution in [0.1, 0.15) is 0 Å². The third-order valence-corrected chi connectivity index (χ3v) is 1.66. The van der Waals surface area contributed by atoms with Gasteiger partial charge in [-0.05, 0) is 34.0 Å². The molecule has 0 spiro atoms. The van der Waals surface area contributed by atoms with Crippen molar-refractivity contribution in [1.29, 1.82) is 0 Å². The lowest BCUT2D eigenvalue weighted by atomic mass is 10.1. The van der Waals surface area contributed by atoms with E-state index in [0.29, 0.717) is 0 Å². The molecule has 0 bridgehead atoms. The molecule has 2 aromatic carbocycles. The van der Waals surface area contributed by atoms with Crippen molar-refractivity contribution in [2.24, 2.45) is 0 Å². The van der Waals surface area contributed by atoms with E-state index in [2.05, 4.69) is 71.7 Å². The van der Waals surface area contributed by atoms with E-state index < -0.39 is 4.70 Å². The van der Waals surface area contributed by atoms with Crippen LogP contribution in [0.5, 0.6) is 0 Å². The van der Waals surface area contributed by atoms with Gasteiger partial charge in [0.05, 0.1) is 0 Å². The number of rotatable bonds is 0. The van der Waals surface area contributed by atoms with E-state index in [9.17, 15) is 0 Å².